The van der Waals surface area contributed by atoms with Crippen molar-refractivity contribution in [3.8, 4) is 0 Å². The van der Waals surface area contributed by atoms with Crippen molar-refractivity contribution in [2.75, 3.05) is 26.0 Å². The monoisotopic (exact) mass is 436 g/mol. The number of carbonyl (C=O) groups is 2. The average molecular weight is 436 g/mol. The van der Waals surface area contributed by atoms with E-state index in [9.17, 15) is 31.9 Å². The minimum atomic E-state index is -4.18. The lowest BCUT2D eigenvalue weighted by atomic mass is 9.83. The second kappa shape index (κ2) is 8.91. The number of halogens is 2. The van der Waals surface area contributed by atoms with Crippen LogP contribution in [0.2, 0.25) is 0 Å². The normalized spacial score (nSPS) is 20.2. The molecule has 1 aromatic rings. The van der Waals surface area contributed by atoms with Crippen molar-refractivity contribution in [1.82, 2.24) is 10.2 Å². The Morgan fingerprint density at radius 2 is 1.97 bits per heavy atom. The minimum Gasteiger partial charge on any atom is -0.465 e. The SMILES string of the molecule is CS(=O)(=O)OCC(F)(F)C1(NC(=O)OCc2ccccc2)CCCN(C(=O)O)C1. The van der Waals surface area contributed by atoms with E-state index in [1.165, 1.54) is 0 Å². The maximum atomic E-state index is 15.0. The van der Waals surface area contributed by atoms with Crippen LogP contribution in [0.3, 0.4) is 0 Å². The van der Waals surface area contributed by atoms with Crippen LogP contribution in [0, 0.1) is 0 Å². The van der Waals surface area contributed by atoms with Crippen molar-refractivity contribution in [1.29, 1.82) is 0 Å². The van der Waals surface area contributed by atoms with Crippen molar-refractivity contribution >= 4 is 22.3 Å². The van der Waals surface area contributed by atoms with E-state index in [0.29, 0.717) is 11.8 Å². The Morgan fingerprint density at radius 1 is 1.31 bits per heavy atom. The fourth-order valence-corrected chi connectivity index (χ4v) is 3.35. The number of rotatable bonds is 7. The van der Waals surface area contributed by atoms with Gasteiger partial charge in [-0.05, 0) is 18.4 Å². The highest BCUT2D eigenvalue weighted by molar-refractivity contribution is 7.85. The lowest BCUT2D eigenvalue weighted by molar-refractivity contribution is -0.131. The highest BCUT2D eigenvalue weighted by Crippen LogP contribution is 2.37. The molecule has 1 aliphatic rings. The van der Waals surface area contributed by atoms with Crippen LogP contribution in [0.1, 0.15) is 18.4 Å². The number of alkyl carbamates (subject to hydrolysis) is 1. The van der Waals surface area contributed by atoms with Crippen LogP contribution in [-0.2, 0) is 25.6 Å². The van der Waals surface area contributed by atoms with E-state index >= 15 is 0 Å². The number of alkyl halides is 2. The number of likely N-dealkylation sites (tertiary alicyclic amines) is 1. The summed E-state index contributed by atoms with van der Waals surface area (Å²) in [6.45, 7) is -2.47. The van der Waals surface area contributed by atoms with Crippen LogP contribution < -0.4 is 5.32 Å². The van der Waals surface area contributed by atoms with Crippen LogP contribution in [0.5, 0.6) is 0 Å². The predicted molar refractivity (Wildman–Crippen MR) is 97.1 cm³/mol. The van der Waals surface area contributed by atoms with E-state index in [4.69, 9.17) is 4.74 Å². The Balaban J connectivity index is 2.19. The summed E-state index contributed by atoms with van der Waals surface area (Å²) in [4.78, 5) is 24.2. The molecule has 0 radical (unpaired) electrons. The molecule has 1 saturated heterocycles. The van der Waals surface area contributed by atoms with E-state index in [-0.39, 0.29) is 26.0 Å². The van der Waals surface area contributed by atoms with Gasteiger partial charge in [0.1, 0.15) is 18.8 Å². The molecule has 12 heteroatoms. The van der Waals surface area contributed by atoms with Gasteiger partial charge >= 0.3 is 12.2 Å². The third-order valence-electron chi connectivity index (χ3n) is 4.47. The number of carbonyl (C=O) groups excluding carboxylic acids is 1. The van der Waals surface area contributed by atoms with Crippen molar-refractivity contribution in [3.63, 3.8) is 0 Å². The average Bonchev–Trinajstić information content (AvgIpc) is 2.65. The Morgan fingerprint density at radius 3 is 2.55 bits per heavy atom. The standard InChI is InChI=1S/C17H22F2N2O7S/c1-29(25,26)28-12-17(18,19)16(8-5-9-21(11-16)15(23)24)20-14(22)27-10-13-6-3-2-4-7-13/h2-4,6-7H,5,8-12H2,1H3,(H,20,22)(H,23,24). The largest absolute Gasteiger partial charge is 0.465 e. The van der Waals surface area contributed by atoms with Gasteiger partial charge in [0.15, 0.2) is 0 Å². The number of carboxylic acid groups (broad SMARTS) is 1. The molecule has 1 aliphatic heterocycles. The molecule has 1 aromatic carbocycles. The van der Waals surface area contributed by atoms with Crippen LogP contribution in [0.15, 0.2) is 30.3 Å². The van der Waals surface area contributed by atoms with Crippen molar-refractivity contribution in [2.45, 2.75) is 30.9 Å². The summed E-state index contributed by atoms with van der Waals surface area (Å²) < 4.78 is 61.5. The summed E-state index contributed by atoms with van der Waals surface area (Å²) in [7, 11) is -4.18. The topological polar surface area (TPSA) is 122 Å². The highest BCUT2D eigenvalue weighted by Gasteiger charge is 2.58. The minimum absolute atomic E-state index is 0.000833. The molecule has 0 saturated carbocycles. The van der Waals surface area contributed by atoms with Crippen molar-refractivity contribution in [3.05, 3.63) is 35.9 Å². The van der Waals surface area contributed by atoms with Gasteiger partial charge in [-0.1, -0.05) is 30.3 Å². The number of ether oxygens (including phenoxy) is 1. The van der Waals surface area contributed by atoms with Crippen molar-refractivity contribution in [2.24, 2.45) is 0 Å². The maximum absolute atomic E-state index is 15.0. The smallest absolute Gasteiger partial charge is 0.408 e. The summed E-state index contributed by atoms with van der Waals surface area (Å²) in [6, 6.07) is 8.51. The molecular weight excluding hydrogens is 414 g/mol. The molecule has 29 heavy (non-hydrogen) atoms. The highest BCUT2D eigenvalue weighted by atomic mass is 32.2. The number of nitrogens with one attached hydrogen (secondary N) is 1. The zero-order valence-electron chi connectivity index (χ0n) is 15.6. The maximum Gasteiger partial charge on any atom is 0.408 e. The third kappa shape index (κ3) is 6.26. The molecule has 0 spiro atoms. The summed E-state index contributed by atoms with van der Waals surface area (Å²) in [5, 5.41) is 11.3. The van der Waals surface area contributed by atoms with Gasteiger partial charge in [0.05, 0.1) is 12.8 Å². The van der Waals surface area contributed by atoms with Gasteiger partial charge in [-0.15, -0.1) is 0 Å². The fraction of sp³-hybridized carbons (Fsp3) is 0.529. The molecule has 0 bridgehead atoms. The number of amides is 2. The first-order chi connectivity index (χ1) is 13.4. The summed E-state index contributed by atoms with van der Waals surface area (Å²) in [5.41, 5.74) is -1.76. The zero-order valence-corrected chi connectivity index (χ0v) is 16.5. The molecule has 162 valence electrons. The molecule has 0 aliphatic carbocycles. The van der Waals surface area contributed by atoms with E-state index < -0.39 is 46.9 Å². The number of hydrogen-bond donors (Lipinski definition) is 2. The van der Waals surface area contributed by atoms with Crippen LogP contribution in [-0.4, -0.2) is 68.0 Å². The number of hydrogen-bond acceptors (Lipinski definition) is 6. The molecule has 1 atom stereocenters. The summed E-state index contributed by atoms with van der Waals surface area (Å²) >= 11 is 0. The van der Waals surface area contributed by atoms with Gasteiger partial charge in [0.25, 0.3) is 16.0 Å². The quantitative estimate of drug-likeness (QED) is 0.627. The zero-order chi connectivity index (χ0) is 21.7. The molecule has 1 fully saturated rings. The predicted octanol–water partition coefficient (Wildman–Crippen LogP) is 2.04. The first kappa shape index (κ1) is 22.8. The Hall–Kier alpha value is -2.47. The molecule has 0 aromatic heterocycles. The fourth-order valence-electron chi connectivity index (χ4n) is 2.98. The summed E-state index contributed by atoms with van der Waals surface area (Å²) in [6.07, 6.45) is -2.27. The molecular formula is C17H22F2N2O7S. The Kier molecular flexibility index (Phi) is 7.01. The molecule has 1 unspecified atom stereocenters. The van der Waals surface area contributed by atoms with Crippen LogP contribution in [0.4, 0.5) is 18.4 Å². The molecule has 2 rings (SSSR count). The Labute approximate surface area is 166 Å². The third-order valence-corrected chi connectivity index (χ3v) is 5.02. The van der Waals surface area contributed by atoms with Crippen molar-refractivity contribution < 1.29 is 40.8 Å². The Bertz CT molecular complexity index is 835. The van der Waals surface area contributed by atoms with E-state index in [1.54, 1.807) is 30.3 Å². The van der Waals surface area contributed by atoms with Gasteiger partial charge < -0.3 is 20.1 Å². The number of piperidine rings is 1. The molecule has 9 nitrogen and oxygen atoms in total. The molecule has 1 heterocycles. The van der Waals surface area contributed by atoms with Gasteiger partial charge in [-0.3, -0.25) is 4.18 Å². The van der Waals surface area contributed by atoms with Gasteiger partial charge in [0.2, 0.25) is 0 Å². The van der Waals surface area contributed by atoms with Crippen LogP contribution >= 0.6 is 0 Å². The second-order valence-corrected chi connectivity index (χ2v) is 8.39. The van der Waals surface area contributed by atoms with E-state index in [0.717, 1.165) is 4.90 Å². The molecule has 2 N–H and O–H groups in total. The lowest BCUT2D eigenvalue weighted by Gasteiger charge is -2.45. The van der Waals surface area contributed by atoms with Gasteiger partial charge in [-0.2, -0.15) is 8.42 Å². The van der Waals surface area contributed by atoms with E-state index in [2.05, 4.69) is 9.50 Å². The van der Waals surface area contributed by atoms with Crippen LogP contribution in [0.25, 0.3) is 0 Å². The molecule has 2 amide bonds. The van der Waals surface area contributed by atoms with E-state index in [1.807, 2.05) is 0 Å². The lowest BCUT2D eigenvalue weighted by Crippen LogP contribution is -2.69. The summed E-state index contributed by atoms with van der Waals surface area (Å²) in [5.74, 6) is -3.89. The van der Waals surface area contributed by atoms with Gasteiger partial charge in [-0.25, -0.2) is 18.4 Å². The van der Waals surface area contributed by atoms with Gasteiger partial charge in [0, 0.05) is 6.54 Å². The number of benzene rings is 1. The first-order valence-corrected chi connectivity index (χ1v) is 10.4. The first-order valence-electron chi connectivity index (χ1n) is 8.63. The number of nitrogens with zero attached hydrogens (tertiary/aromatic N) is 1. The second-order valence-electron chi connectivity index (χ2n) is 6.75.